The molecule has 0 bridgehead atoms. The molecule has 110 valence electrons. The minimum absolute atomic E-state index is 0.186. The van der Waals surface area contributed by atoms with Crippen molar-refractivity contribution < 1.29 is 9.13 Å². The lowest BCUT2D eigenvalue weighted by Crippen LogP contribution is -2.42. The molecule has 0 radical (unpaired) electrons. The van der Waals surface area contributed by atoms with Gasteiger partial charge in [-0.15, -0.1) is 0 Å². The van der Waals surface area contributed by atoms with E-state index in [-0.39, 0.29) is 11.4 Å². The second-order valence-corrected chi connectivity index (χ2v) is 5.98. The van der Waals surface area contributed by atoms with Crippen LogP contribution in [0.2, 0.25) is 0 Å². The maximum Gasteiger partial charge on any atom is 0.125 e. The molecule has 1 aliphatic heterocycles. The Bertz CT molecular complexity index is 466. The Morgan fingerprint density at radius 1 is 1.10 bits per heavy atom. The van der Waals surface area contributed by atoms with Crippen molar-refractivity contribution in [2.45, 2.75) is 37.6 Å². The molecule has 0 aromatic heterocycles. The second-order valence-electron chi connectivity index (χ2n) is 5.98. The summed E-state index contributed by atoms with van der Waals surface area (Å²) >= 11 is 0. The van der Waals surface area contributed by atoms with Crippen molar-refractivity contribution in [2.75, 3.05) is 31.2 Å². The highest BCUT2D eigenvalue weighted by Gasteiger charge is 2.33. The quantitative estimate of drug-likeness (QED) is 0.904. The summed E-state index contributed by atoms with van der Waals surface area (Å²) in [6, 6.07) is 5.08. The van der Waals surface area contributed by atoms with Crippen molar-refractivity contribution in [1.82, 2.24) is 0 Å². The van der Waals surface area contributed by atoms with Crippen molar-refractivity contribution >= 4 is 5.69 Å². The summed E-state index contributed by atoms with van der Waals surface area (Å²) in [5.41, 5.74) is 8.45. The van der Waals surface area contributed by atoms with Crippen LogP contribution in [0, 0.1) is 5.82 Å². The van der Waals surface area contributed by atoms with E-state index >= 15 is 0 Å². The number of nitrogens with zero attached hydrogens (tertiary/aromatic N) is 1. The lowest BCUT2D eigenvalue weighted by Gasteiger charge is -2.39. The van der Waals surface area contributed by atoms with E-state index in [0.29, 0.717) is 13.2 Å². The zero-order chi connectivity index (χ0) is 14.0. The first kappa shape index (κ1) is 13.8. The highest BCUT2D eigenvalue weighted by atomic mass is 19.1. The Hall–Kier alpha value is -1.13. The summed E-state index contributed by atoms with van der Waals surface area (Å²) in [4.78, 5) is 2.21. The van der Waals surface area contributed by atoms with Crippen LogP contribution in [0.5, 0.6) is 0 Å². The van der Waals surface area contributed by atoms with Gasteiger partial charge >= 0.3 is 0 Å². The van der Waals surface area contributed by atoms with Crippen LogP contribution in [0.1, 0.15) is 37.7 Å². The van der Waals surface area contributed by atoms with Gasteiger partial charge in [0.15, 0.2) is 0 Å². The van der Waals surface area contributed by atoms with E-state index in [2.05, 4.69) is 4.90 Å². The molecule has 0 atom stereocenters. The van der Waals surface area contributed by atoms with Crippen molar-refractivity contribution in [3.8, 4) is 0 Å². The zero-order valence-electron chi connectivity index (χ0n) is 11.9. The number of halogens is 1. The number of anilines is 1. The standard InChI is InChI=1S/C16H23FN2O/c17-13-4-5-14(16(18)6-2-1-3-7-16)15(12-13)19-8-10-20-11-9-19/h4-5,12H,1-3,6-11,18H2. The molecule has 1 aromatic rings. The van der Waals surface area contributed by atoms with E-state index in [9.17, 15) is 4.39 Å². The SMILES string of the molecule is NC1(c2ccc(F)cc2N2CCOCC2)CCCCC1. The Labute approximate surface area is 119 Å². The molecule has 1 aromatic carbocycles. The first-order valence-electron chi connectivity index (χ1n) is 7.61. The minimum atomic E-state index is -0.292. The largest absolute Gasteiger partial charge is 0.378 e. The maximum absolute atomic E-state index is 13.7. The van der Waals surface area contributed by atoms with Gasteiger partial charge in [-0.25, -0.2) is 4.39 Å². The van der Waals surface area contributed by atoms with Gasteiger partial charge in [0.2, 0.25) is 0 Å². The van der Waals surface area contributed by atoms with Gasteiger partial charge in [-0.1, -0.05) is 25.3 Å². The molecule has 0 amide bonds. The van der Waals surface area contributed by atoms with E-state index in [1.54, 1.807) is 12.1 Å². The molecule has 1 aliphatic carbocycles. The lowest BCUT2D eigenvalue weighted by atomic mass is 9.76. The smallest absolute Gasteiger partial charge is 0.125 e. The number of ether oxygens (including phenoxy) is 1. The molecule has 2 aliphatic rings. The van der Waals surface area contributed by atoms with Gasteiger partial charge in [-0.3, -0.25) is 0 Å². The molecular formula is C16H23FN2O. The van der Waals surface area contributed by atoms with E-state index < -0.39 is 0 Å². The molecule has 0 unspecified atom stereocenters. The van der Waals surface area contributed by atoms with Gasteiger partial charge in [-0.05, 0) is 30.5 Å². The number of nitrogens with two attached hydrogens (primary N) is 1. The normalized spacial score (nSPS) is 22.8. The molecule has 1 heterocycles. The Balaban J connectivity index is 1.96. The number of hydrogen-bond donors (Lipinski definition) is 1. The van der Waals surface area contributed by atoms with E-state index in [1.807, 2.05) is 6.07 Å². The van der Waals surface area contributed by atoms with Gasteiger partial charge in [0, 0.05) is 24.3 Å². The molecule has 2 N–H and O–H groups in total. The summed E-state index contributed by atoms with van der Waals surface area (Å²) in [6.07, 6.45) is 5.58. The predicted molar refractivity (Wildman–Crippen MR) is 78.4 cm³/mol. The molecular weight excluding hydrogens is 255 g/mol. The van der Waals surface area contributed by atoms with E-state index in [4.69, 9.17) is 10.5 Å². The molecule has 0 spiro atoms. The lowest BCUT2D eigenvalue weighted by molar-refractivity contribution is 0.122. The van der Waals surface area contributed by atoms with E-state index in [1.165, 1.54) is 6.42 Å². The number of benzene rings is 1. The van der Waals surface area contributed by atoms with Crippen LogP contribution in [0.25, 0.3) is 0 Å². The highest BCUT2D eigenvalue weighted by molar-refractivity contribution is 5.57. The molecule has 3 nitrogen and oxygen atoms in total. The minimum Gasteiger partial charge on any atom is -0.378 e. The summed E-state index contributed by atoms with van der Waals surface area (Å²) in [5, 5.41) is 0. The first-order chi connectivity index (χ1) is 9.69. The predicted octanol–water partition coefficient (Wildman–Crippen LogP) is 2.78. The topological polar surface area (TPSA) is 38.5 Å². The number of morpholine rings is 1. The Morgan fingerprint density at radius 3 is 2.50 bits per heavy atom. The summed E-state index contributed by atoms with van der Waals surface area (Å²) < 4.78 is 19.1. The van der Waals surface area contributed by atoms with Gasteiger partial charge in [0.25, 0.3) is 0 Å². The number of hydrogen-bond acceptors (Lipinski definition) is 3. The van der Waals surface area contributed by atoms with Crippen LogP contribution in [0.4, 0.5) is 10.1 Å². The van der Waals surface area contributed by atoms with Crippen LogP contribution in [-0.2, 0) is 10.3 Å². The summed E-state index contributed by atoms with van der Waals surface area (Å²) in [6.45, 7) is 3.03. The third-order valence-corrected chi connectivity index (χ3v) is 4.59. The monoisotopic (exact) mass is 278 g/mol. The van der Waals surface area contributed by atoms with Crippen molar-refractivity contribution in [2.24, 2.45) is 5.73 Å². The Kier molecular flexibility index (Phi) is 3.94. The number of rotatable bonds is 2. The zero-order valence-corrected chi connectivity index (χ0v) is 11.9. The second kappa shape index (κ2) is 5.70. The van der Waals surface area contributed by atoms with Crippen molar-refractivity contribution in [3.63, 3.8) is 0 Å². The van der Waals surface area contributed by atoms with Crippen molar-refractivity contribution in [3.05, 3.63) is 29.6 Å². The van der Waals surface area contributed by atoms with Gasteiger partial charge < -0.3 is 15.4 Å². The third-order valence-electron chi connectivity index (χ3n) is 4.59. The summed E-state index contributed by atoms with van der Waals surface area (Å²) in [7, 11) is 0. The Morgan fingerprint density at radius 2 is 1.80 bits per heavy atom. The van der Waals surface area contributed by atoms with Crippen molar-refractivity contribution in [1.29, 1.82) is 0 Å². The van der Waals surface area contributed by atoms with Gasteiger partial charge in [0.05, 0.1) is 13.2 Å². The van der Waals surface area contributed by atoms with Crippen LogP contribution >= 0.6 is 0 Å². The molecule has 2 fully saturated rings. The fourth-order valence-corrected chi connectivity index (χ4v) is 3.44. The molecule has 4 heteroatoms. The van der Waals surface area contributed by atoms with Crippen LogP contribution in [-0.4, -0.2) is 26.3 Å². The fraction of sp³-hybridized carbons (Fsp3) is 0.625. The average Bonchev–Trinajstić information content (AvgIpc) is 2.48. The molecule has 20 heavy (non-hydrogen) atoms. The van der Waals surface area contributed by atoms with Crippen LogP contribution < -0.4 is 10.6 Å². The maximum atomic E-state index is 13.7. The van der Waals surface area contributed by atoms with Gasteiger partial charge in [0.1, 0.15) is 5.82 Å². The highest BCUT2D eigenvalue weighted by Crippen LogP contribution is 2.39. The summed E-state index contributed by atoms with van der Waals surface area (Å²) in [5.74, 6) is -0.186. The fourth-order valence-electron chi connectivity index (χ4n) is 3.44. The van der Waals surface area contributed by atoms with Gasteiger partial charge in [-0.2, -0.15) is 0 Å². The molecule has 1 saturated carbocycles. The van der Waals surface area contributed by atoms with Crippen LogP contribution in [0.3, 0.4) is 0 Å². The molecule has 3 rings (SSSR count). The first-order valence-corrected chi connectivity index (χ1v) is 7.61. The molecule has 1 saturated heterocycles. The average molecular weight is 278 g/mol. The van der Waals surface area contributed by atoms with Crippen LogP contribution in [0.15, 0.2) is 18.2 Å². The van der Waals surface area contributed by atoms with E-state index in [0.717, 1.165) is 50.0 Å². The third kappa shape index (κ3) is 2.67.